The molecule has 4 heteroatoms. The van der Waals surface area contributed by atoms with E-state index in [-0.39, 0.29) is 6.04 Å². The fraction of sp³-hybridized carbons (Fsp3) is 0.300. The van der Waals surface area contributed by atoms with Crippen LogP contribution in [0.25, 0.3) is 0 Å². The zero-order chi connectivity index (χ0) is 17.7. The summed E-state index contributed by atoms with van der Waals surface area (Å²) < 4.78 is 0. The fourth-order valence-corrected chi connectivity index (χ4v) is 2.39. The minimum Gasteiger partial charge on any atom is -0.341 e. The van der Waals surface area contributed by atoms with Crippen LogP contribution in [0.3, 0.4) is 0 Å². The largest absolute Gasteiger partial charge is 0.341 e. The van der Waals surface area contributed by atoms with Crippen molar-refractivity contribution < 1.29 is 9.59 Å². The van der Waals surface area contributed by atoms with E-state index in [4.69, 9.17) is 0 Å². The molecule has 2 N–H and O–H groups in total. The molecule has 0 aliphatic carbocycles. The average molecular weight is 324 g/mol. The van der Waals surface area contributed by atoms with Crippen LogP contribution in [0.5, 0.6) is 0 Å². The number of benzene rings is 2. The van der Waals surface area contributed by atoms with Crippen molar-refractivity contribution in [2.45, 2.75) is 40.2 Å². The highest BCUT2D eigenvalue weighted by Crippen LogP contribution is 2.15. The number of anilines is 1. The molecular weight excluding hydrogens is 300 g/mol. The Morgan fingerprint density at radius 2 is 1.62 bits per heavy atom. The van der Waals surface area contributed by atoms with Crippen LogP contribution in [0.15, 0.2) is 42.5 Å². The van der Waals surface area contributed by atoms with Gasteiger partial charge in [-0.25, -0.2) is 0 Å². The third-order valence-corrected chi connectivity index (χ3v) is 4.21. The number of nitrogens with one attached hydrogen (secondary N) is 2. The molecule has 0 bridgehead atoms. The topological polar surface area (TPSA) is 58.2 Å². The smallest absolute Gasteiger partial charge is 0.313 e. The van der Waals surface area contributed by atoms with E-state index in [1.807, 2.05) is 57.2 Å². The predicted molar refractivity (Wildman–Crippen MR) is 96.9 cm³/mol. The van der Waals surface area contributed by atoms with Crippen LogP contribution in [0.1, 0.15) is 42.1 Å². The summed E-state index contributed by atoms with van der Waals surface area (Å²) in [6, 6.07) is 13.4. The molecule has 2 aromatic carbocycles. The third kappa shape index (κ3) is 4.44. The first-order valence-electron chi connectivity index (χ1n) is 8.18. The molecule has 2 amide bonds. The second kappa shape index (κ2) is 7.77. The molecule has 0 aromatic heterocycles. The standard InChI is InChI=1S/C20H24N2O2/c1-5-16-7-9-17(10-8-16)15(4)21-19(23)20(24)22-18-11-6-13(2)14(3)12-18/h6-12,15H,5H2,1-4H3,(H,21,23)(H,22,24). The molecule has 0 spiro atoms. The molecule has 0 radical (unpaired) electrons. The van der Waals surface area contributed by atoms with Gasteiger partial charge in [0.05, 0.1) is 6.04 Å². The number of carbonyl (C=O) groups excluding carboxylic acids is 2. The van der Waals surface area contributed by atoms with Crippen molar-refractivity contribution in [3.05, 3.63) is 64.7 Å². The van der Waals surface area contributed by atoms with E-state index in [0.29, 0.717) is 5.69 Å². The van der Waals surface area contributed by atoms with E-state index in [1.165, 1.54) is 5.56 Å². The third-order valence-electron chi connectivity index (χ3n) is 4.21. The van der Waals surface area contributed by atoms with Gasteiger partial charge in [-0.3, -0.25) is 9.59 Å². The predicted octanol–water partition coefficient (Wildman–Crippen LogP) is 3.68. The summed E-state index contributed by atoms with van der Waals surface area (Å²) in [7, 11) is 0. The van der Waals surface area contributed by atoms with E-state index in [0.717, 1.165) is 23.1 Å². The highest BCUT2D eigenvalue weighted by Gasteiger charge is 2.17. The van der Waals surface area contributed by atoms with Crippen molar-refractivity contribution in [2.24, 2.45) is 0 Å². The highest BCUT2D eigenvalue weighted by molar-refractivity contribution is 6.39. The molecule has 2 aromatic rings. The van der Waals surface area contributed by atoms with Crippen molar-refractivity contribution in [2.75, 3.05) is 5.32 Å². The van der Waals surface area contributed by atoms with Crippen LogP contribution in [0.4, 0.5) is 5.69 Å². The Labute approximate surface area is 143 Å². The van der Waals surface area contributed by atoms with Crippen LogP contribution >= 0.6 is 0 Å². The van der Waals surface area contributed by atoms with Gasteiger partial charge in [0, 0.05) is 5.69 Å². The molecule has 0 aliphatic heterocycles. The number of rotatable bonds is 4. The van der Waals surface area contributed by atoms with Crippen LogP contribution in [0, 0.1) is 13.8 Å². The van der Waals surface area contributed by atoms with Gasteiger partial charge in [-0.1, -0.05) is 37.3 Å². The Balaban J connectivity index is 1.97. The lowest BCUT2D eigenvalue weighted by Gasteiger charge is -2.15. The maximum atomic E-state index is 12.1. The lowest BCUT2D eigenvalue weighted by molar-refractivity contribution is -0.136. The van der Waals surface area contributed by atoms with Gasteiger partial charge >= 0.3 is 11.8 Å². The summed E-state index contributed by atoms with van der Waals surface area (Å²) >= 11 is 0. The van der Waals surface area contributed by atoms with Gasteiger partial charge in [0.25, 0.3) is 0 Å². The monoisotopic (exact) mass is 324 g/mol. The van der Waals surface area contributed by atoms with E-state index in [9.17, 15) is 9.59 Å². The van der Waals surface area contributed by atoms with Crippen LogP contribution < -0.4 is 10.6 Å². The SMILES string of the molecule is CCc1ccc(C(C)NC(=O)C(=O)Nc2ccc(C)c(C)c2)cc1. The van der Waals surface area contributed by atoms with Gasteiger partial charge in [-0.05, 0) is 61.6 Å². The molecule has 1 unspecified atom stereocenters. The van der Waals surface area contributed by atoms with Crippen molar-refractivity contribution in [3.8, 4) is 0 Å². The summed E-state index contributed by atoms with van der Waals surface area (Å²) in [5, 5.41) is 5.36. The summed E-state index contributed by atoms with van der Waals surface area (Å²) in [4.78, 5) is 24.1. The summed E-state index contributed by atoms with van der Waals surface area (Å²) in [5.41, 5.74) is 5.04. The molecule has 0 aliphatic rings. The van der Waals surface area contributed by atoms with Crippen LogP contribution in [0.2, 0.25) is 0 Å². The summed E-state index contributed by atoms with van der Waals surface area (Å²) in [6.07, 6.45) is 0.972. The Morgan fingerprint density at radius 3 is 2.21 bits per heavy atom. The zero-order valence-corrected chi connectivity index (χ0v) is 14.6. The first-order valence-corrected chi connectivity index (χ1v) is 8.18. The normalized spacial score (nSPS) is 11.7. The first-order chi connectivity index (χ1) is 11.4. The number of hydrogen-bond donors (Lipinski definition) is 2. The lowest BCUT2D eigenvalue weighted by atomic mass is 10.0. The van der Waals surface area contributed by atoms with Gasteiger partial charge in [-0.15, -0.1) is 0 Å². The Hall–Kier alpha value is -2.62. The molecule has 2 rings (SSSR count). The minimum absolute atomic E-state index is 0.228. The molecule has 126 valence electrons. The molecule has 4 nitrogen and oxygen atoms in total. The highest BCUT2D eigenvalue weighted by atomic mass is 16.2. The first kappa shape index (κ1) is 17.7. The molecule has 1 atom stereocenters. The average Bonchev–Trinajstić information content (AvgIpc) is 2.58. The Bertz CT molecular complexity index is 736. The molecular formula is C20H24N2O2. The van der Waals surface area contributed by atoms with Crippen molar-refractivity contribution in [3.63, 3.8) is 0 Å². The number of aryl methyl sites for hydroxylation is 3. The van der Waals surface area contributed by atoms with E-state index >= 15 is 0 Å². The van der Waals surface area contributed by atoms with E-state index in [1.54, 1.807) is 6.07 Å². The van der Waals surface area contributed by atoms with Gasteiger partial charge in [0.1, 0.15) is 0 Å². The van der Waals surface area contributed by atoms with E-state index in [2.05, 4.69) is 17.6 Å². The summed E-state index contributed by atoms with van der Waals surface area (Å²) in [6.45, 7) is 7.92. The molecule has 0 saturated heterocycles. The maximum absolute atomic E-state index is 12.1. The number of carbonyl (C=O) groups is 2. The van der Waals surface area contributed by atoms with Gasteiger partial charge in [-0.2, -0.15) is 0 Å². The molecule has 0 fully saturated rings. The Morgan fingerprint density at radius 1 is 0.958 bits per heavy atom. The van der Waals surface area contributed by atoms with Crippen molar-refractivity contribution in [1.29, 1.82) is 0 Å². The molecule has 24 heavy (non-hydrogen) atoms. The minimum atomic E-state index is -0.657. The summed E-state index contributed by atoms with van der Waals surface area (Å²) in [5.74, 6) is -1.30. The molecule has 0 saturated carbocycles. The second-order valence-corrected chi connectivity index (χ2v) is 6.04. The fourth-order valence-electron chi connectivity index (χ4n) is 2.39. The molecule has 0 heterocycles. The second-order valence-electron chi connectivity index (χ2n) is 6.04. The van der Waals surface area contributed by atoms with Crippen molar-refractivity contribution in [1.82, 2.24) is 5.32 Å². The quantitative estimate of drug-likeness (QED) is 0.843. The van der Waals surface area contributed by atoms with Gasteiger partial charge in [0.15, 0.2) is 0 Å². The maximum Gasteiger partial charge on any atom is 0.313 e. The van der Waals surface area contributed by atoms with Crippen molar-refractivity contribution >= 4 is 17.5 Å². The number of hydrogen-bond acceptors (Lipinski definition) is 2. The van der Waals surface area contributed by atoms with E-state index < -0.39 is 11.8 Å². The Kier molecular flexibility index (Phi) is 5.74. The zero-order valence-electron chi connectivity index (χ0n) is 14.6. The van der Waals surface area contributed by atoms with Gasteiger partial charge in [0.2, 0.25) is 0 Å². The van der Waals surface area contributed by atoms with Gasteiger partial charge < -0.3 is 10.6 Å². The van der Waals surface area contributed by atoms with Crippen LogP contribution in [-0.4, -0.2) is 11.8 Å². The van der Waals surface area contributed by atoms with Crippen LogP contribution in [-0.2, 0) is 16.0 Å². The number of amides is 2. The lowest BCUT2D eigenvalue weighted by Crippen LogP contribution is -2.36.